The van der Waals surface area contributed by atoms with Crippen LogP contribution >= 0.6 is 0 Å². The van der Waals surface area contributed by atoms with Gasteiger partial charge in [0, 0.05) is 11.1 Å². The highest BCUT2D eigenvalue weighted by atomic mass is 19.1. The van der Waals surface area contributed by atoms with Crippen molar-refractivity contribution in [2.24, 2.45) is 5.73 Å². The molecule has 0 aliphatic carbocycles. The highest BCUT2D eigenvalue weighted by Gasteiger charge is 2.37. The first-order valence-corrected chi connectivity index (χ1v) is 7.52. The van der Waals surface area contributed by atoms with Gasteiger partial charge in [0.05, 0.1) is 7.11 Å². The van der Waals surface area contributed by atoms with E-state index in [1.54, 1.807) is 34.6 Å². The van der Waals surface area contributed by atoms with Crippen molar-refractivity contribution in [3.05, 3.63) is 29.6 Å². The van der Waals surface area contributed by atoms with Crippen molar-refractivity contribution in [2.45, 2.75) is 51.7 Å². The molecule has 1 amide bonds. The molecule has 1 atom stereocenters. The number of halogens is 1. The second-order valence-corrected chi connectivity index (χ2v) is 7.04. The number of carbonyl (C=O) groups excluding carboxylic acids is 2. The van der Waals surface area contributed by atoms with Crippen molar-refractivity contribution >= 4 is 17.7 Å². The lowest BCUT2D eigenvalue weighted by Gasteiger charge is -2.32. The topological polar surface area (TPSA) is 90.6 Å². The predicted molar refractivity (Wildman–Crippen MR) is 89.3 cm³/mol. The number of nitrogens with two attached hydrogens (primary N) is 1. The molecule has 0 fully saturated rings. The van der Waals surface area contributed by atoms with E-state index in [-0.39, 0.29) is 0 Å². The van der Waals surface area contributed by atoms with Gasteiger partial charge in [-0.1, -0.05) is 13.8 Å². The molecule has 1 aromatic carbocycles. The maximum atomic E-state index is 13.7. The van der Waals surface area contributed by atoms with Gasteiger partial charge < -0.3 is 15.2 Å². The van der Waals surface area contributed by atoms with E-state index in [9.17, 15) is 14.0 Å². The largest absolute Gasteiger partial charge is 0.468 e. The van der Waals surface area contributed by atoms with Crippen LogP contribution in [0.25, 0.3) is 0 Å². The zero-order valence-electron chi connectivity index (χ0n) is 14.9. The Hall–Kier alpha value is -2.15. The minimum atomic E-state index is -1.04. The molecule has 0 aliphatic heterocycles. The van der Waals surface area contributed by atoms with Crippen molar-refractivity contribution in [1.82, 2.24) is 0 Å². The maximum Gasteiger partial charge on any atom is 0.412 e. The number of hydrogen-bond donors (Lipinski definition) is 2. The number of methoxy groups -OCH3 is 1. The van der Waals surface area contributed by atoms with Gasteiger partial charge in [-0.15, -0.1) is 0 Å². The van der Waals surface area contributed by atoms with Gasteiger partial charge in [0.2, 0.25) is 0 Å². The summed E-state index contributed by atoms with van der Waals surface area (Å²) in [5.41, 5.74) is 4.96. The maximum absolute atomic E-state index is 13.7. The molecule has 0 bridgehead atoms. The quantitative estimate of drug-likeness (QED) is 0.822. The third-order valence-electron chi connectivity index (χ3n) is 3.54. The molecule has 1 rings (SSSR count). The van der Waals surface area contributed by atoms with Gasteiger partial charge in [-0.3, -0.25) is 10.1 Å². The van der Waals surface area contributed by atoms with Crippen LogP contribution in [0.1, 0.15) is 40.2 Å². The summed E-state index contributed by atoms with van der Waals surface area (Å²) < 4.78 is 23.6. The third kappa shape index (κ3) is 4.92. The highest BCUT2D eigenvalue weighted by Crippen LogP contribution is 2.33. The number of amides is 1. The first kappa shape index (κ1) is 19.9. The summed E-state index contributed by atoms with van der Waals surface area (Å²) in [6.07, 6.45) is -0.683. The number of rotatable bonds is 4. The lowest BCUT2D eigenvalue weighted by atomic mass is 9.77. The fourth-order valence-electron chi connectivity index (χ4n) is 2.16. The average molecular weight is 340 g/mol. The van der Waals surface area contributed by atoms with Crippen LogP contribution in [0.4, 0.5) is 14.9 Å². The van der Waals surface area contributed by atoms with Crippen molar-refractivity contribution in [1.29, 1.82) is 0 Å². The summed E-state index contributed by atoms with van der Waals surface area (Å²) in [7, 11) is 1.23. The molecule has 0 saturated heterocycles. The summed E-state index contributed by atoms with van der Waals surface area (Å²) in [5.74, 6) is -1.14. The van der Waals surface area contributed by atoms with Gasteiger partial charge in [-0.25, -0.2) is 9.18 Å². The van der Waals surface area contributed by atoms with E-state index in [1.165, 1.54) is 25.3 Å². The Balaban J connectivity index is 3.21. The van der Waals surface area contributed by atoms with Crippen molar-refractivity contribution in [3.63, 3.8) is 0 Å². The zero-order valence-corrected chi connectivity index (χ0v) is 14.9. The molecule has 134 valence electrons. The fourth-order valence-corrected chi connectivity index (χ4v) is 2.16. The monoisotopic (exact) mass is 340 g/mol. The SMILES string of the molecule is COC(=O)C(N)C(C)(C)c1cc(F)ccc1NC(=O)OC(C)(C)C. The molecule has 0 aliphatic rings. The molecule has 7 heteroatoms. The second-order valence-electron chi connectivity index (χ2n) is 7.04. The number of carbonyl (C=O) groups is 2. The number of anilines is 1. The summed E-state index contributed by atoms with van der Waals surface area (Å²) in [4.78, 5) is 23.8. The lowest BCUT2D eigenvalue weighted by molar-refractivity contribution is -0.143. The van der Waals surface area contributed by atoms with Crippen molar-refractivity contribution in [3.8, 4) is 0 Å². The van der Waals surface area contributed by atoms with E-state index < -0.39 is 34.9 Å². The van der Waals surface area contributed by atoms with Crippen LogP contribution in [0.3, 0.4) is 0 Å². The Morgan fingerprint density at radius 3 is 2.29 bits per heavy atom. The van der Waals surface area contributed by atoms with E-state index in [1.807, 2.05) is 0 Å². The highest BCUT2D eigenvalue weighted by molar-refractivity contribution is 5.87. The van der Waals surface area contributed by atoms with Crippen LogP contribution in [0.5, 0.6) is 0 Å². The van der Waals surface area contributed by atoms with Gasteiger partial charge in [0.1, 0.15) is 17.5 Å². The van der Waals surface area contributed by atoms with Gasteiger partial charge in [-0.05, 0) is 44.5 Å². The molecule has 3 N–H and O–H groups in total. The summed E-state index contributed by atoms with van der Waals surface area (Å²) in [6, 6.07) is 2.80. The van der Waals surface area contributed by atoms with Crippen LogP contribution in [-0.4, -0.2) is 30.8 Å². The fraction of sp³-hybridized carbons (Fsp3) is 0.529. The van der Waals surface area contributed by atoms with E-state index in [0.717, 1.165) is 0 Å². The van der Waals surface area contributed by atoms with E-state index in [0.29, 0.717) is 11.3 Å². The number of benzene rings is 1. The Bertz CT molecular complexity index is 624. The first-order valence-electron chi connectivity index (χ1n) is 7.52. The van der Waals surface area contributed by atoms with Crippen LogP contribution in [0.15, 0.2) is 18.2 Å². The summed E-state index contributed by atoms with van der Waals surface area (Å²) in [6.45, 7) is 8.53. The van der Waals surface area contributed by atoms with Gasteiger partial charge >= 0.3 is 12.1 Å². The van der Waals surface area contributed by atoms with Crippen LogP contribution in [0.2, 0.25) is 0 Å². The van der Waals surface area contributed by atoms with Crippen LogP contribution < -0.4 is 11.1 Å². The Labute approximate surface area is 141 Å². The molecular weight excluding hydrogens is 315 g/mol. The van der Waals surface area contributed by atoms with Crippen molar-refractivity contribution in [2.75, 3.05) is 12.4 Å². The Kier molecular flexibility index (Phi) is 5.94. The molecule has 0 heterocycles. The summed E-state index contributed by atoms with van der Waals surface area (Å²) >= 11 is 0. The standard InChI is InChI=1S/C17H25FN2O4/c1-16(2,3)24-15(22)20-12-8-7-10(18)9-11(12)17(4,5)13(19)14(21)23-6/h7-9,13H,19H2,1-6H3,(H,20,22). The third-order valence-corrected chi connectivity index (χ3v) is 3.54. The minimum absolute atomic E-state index is 0.315. The molecular formula is C17H25FN2O4. The molecule has 0 aromatic heterocycles. The number of hydrogen-bond acceptors (Lipinski definition) is 5. The molecule has 0 spiro atoms. The molecule has 0 radical (unpaired) electrons. The number of nitrogens with one attached hydrogen (secondary N) is 1. The van der Waals surface area contributed by atoms with Gasteiger partial charge in [0.25, 0.3) is 0 Å². The Morgan fingerprint density at radius 2 is 1.79 bits per heavy atom. The molecule has 0 saturated carbocycles. The molecule has 24 heavy (non-hydrogen) atoms. The smallest absolute Gasteiger partial charge is 0.412 e. The zero-order chi connectivity index (χ0) is 18.7. The van der Waals surface area contributed by atoms with Crippen LogP contribution in [-0.2, 0) is 19.7 Å². The number of esters is 1. The Morgan fingerprint density at radius 1 is 1.21 bits per heavy atom. The van der Waals surface area contributed by atoms with E-state index >= 15 is 0 Å². The molecule has 1 unspecified atom stereocenters. The lowest BCUT2D eigenvalue weighted by Crippen LogP contribution is -2.48. The van der Waals surface area contributed by atoms with Crippen LogP contribution in [0, 0.1) is 5.82 Å². The molecule has 6 nitrogen and oxygen atoms in total. The average Bonchev–Trinajstić information content (AvgIpc) is 2.45. The predicted octanol–water partition coefficient (Wildman–Crippen LogP) is 2.95. The normalized spacial score (nSPS) is 13.2. The van der Waals surface area contributed by atoms with E-state index in [4.69, 9.17) is 10.5 Å². The summed E-state index contributed by atoms with van der Waals surface area (Å²) in [5, 5.41) is 2.58. The van der Waals surface area contributed by atoms with E-state index in [2.05, 4.69) is 10.1 Å². The minimum Gasteiger partial charge on any atom is -0.468 e. The number of ether oxygens (including phenoxy) is 2. The van der Waals surface area contributed by atoms with Crippen molar-refractivity contribution < 1.29 is 23.5 Å². The molecule has 1 aromatic rings. The van der Waals surface area contributed by atoms with Gasteiger partial charge in [0.15, 0.2) is 0 Å². The first-order chi connectivity index (χ1) is 10.9. The van der Waals surface area contributed by atoms with Gasteiger partial charge in [-0.2, -0.15) is 0 Å². The second kappa shape index (κ2) is 7.17.